The number of nitro benzene ring substituents is 1. The standard InChI is InChI=1S/C11H15FN2O2/c1-3-7(2)11(13)9-5-4-8(12)6-10(9)14(15)16/h4-7,11H,3,13H2,1-2H3/t7?,11-/m1/s1. The third-order valence-electron chi connectivity index (χ3n) is 2.81. The van der Waals surface area contributed by atoms with Crippen molar-refractivity contribution in [2.45, 2.75) is 26.3 Å². The van der Waals surface area contributed by atoms with Gasteiger partial charge in [0.1, 0.15) is 5.82 Å². The molecular weight excluding hydrogens is 211 g/mol. The first-order valence-electron chi connectivity index (χ1n) is 5.16. The molecule has 1 unspecified atom stereocenters. The Kier molecular flexibility index (Phi) is 3.95. The maximum absolute atomic E-state index is 12.9. The topological polar surface area (TPSA) is 69.2 Å². The Morgan fingerprint density at radius 1 is 1.56 bits per heavy atom. The lowest BCUT2D eigenvalue weighted by Crippen LogP contribution is -2.19. The van der Waals surface area contributed by atoms with E-state index in [1.54, 1.807) is 0 Å². The summed E-state index contributed by atoms with van der Waals surface area (Å²) < 4.78 is 12.9. The van der Waals surface area contributed by atoms with Gasteiger partial charge >= 0.3 is 0 Å². The van der Waals surface area contributed by atoms with Crippen molar-refractivity contribution < 1.29 is 9.31 Å². The molecule has 4 nitrogen and oxygen atoms in total. The zero-order valence-electron chi connectivity index (χ0n) is 9.31. The first kappa shape index (κ1) is 12.6. The van der Waals surface area contributed by atoms with Gasteiger partial charge in [-0.05, 0) is 18.1 Å². The molecule has 0 bridgehead atoms. The van der Waals surface area contributed by atoms with Crippen LogP contribution in [0.15, 0.2) is 18.2 Å². The van der Waals surface area contributed by atoms with Crippen LogP contribution in [0.2, 0.25) is 0 Å². The summed E-state index contributed by atoms with van der Waals surface area (Å²) in [4.78, 5) is 10.2. The molecule has 0 amide bonds. The molecular formula is C11H15FN2O2. The lowest BCUT2D eigenvalue weighted by atomic mass is 9.92. The van der Waals surface area contributed by atoms with Crippen molar-refractivity contribution in [1.82, 2.24) is 0 Å². The minimum absolute atomic E-state index is 0.115. The summed E-state index contributed by atoms with van der Waals surface area (Å²) in [6.07, 6.45) is 0.815. The summed E-state index contributed by atoms with van der Waals surface area (Å²) in [6.45, 7) is 3.87. The highest BCUT2D eigenvalue weighted by Crippen LogP contribution is 2.30. The van der Waals surface area contributed by atoms with Crippen LogP contribution in [0.1, 0.15) is 31.9 Å². The summed E-state index contributed by atoms with van der Waals surface area (Å²) in [5.41, 5.74) is 6.06. The molecule has 0 saturated carbocycles. The van der Waals surface area contributed by atoms with Gasteiger partial charge in [-0.25, -0.2) is 4.39 Å². The molecule has 16 heavy (non-hydrogen) atoms. The second kappa shape index (κ2) is 5.03. The molecule has 0 aromatic heterocycles. The van der Waals surface area contributed by atoms with Gasteiger partial charge in [-0.1, -0.05) is 20.3 Å². The smallest absolute Gasteiger partial charge is 0.277 e. The van der Waals surface area contributed by atoms with Crippen LogP contribution in [-0.2, 0) is 0 Å². The fourth-order valence-corrected chi connectivity index (χ4v) is 1.52. The number of nitrogens with two attached hydrogens (primary N) is 1. The first-order valence-corrected chi connectivity index (χ1v) is 5.16. The van der Waals surface area contributed by atoms with Crippen LogP contribution < -0.4 is 5.73 Å². The quantitative estimate of drug-likeness (QED) is 0.634. The van der Waals surface area contributed by atoms with E-state index >= 15 is 0 Å². The van der Waals surface area contributed by atoms with Crippen molar-refractivity contribution >= 4 is 5.69 Å². The van der Waals surface area contributed by atoms with Gasteiger partial charge in [0, 0.05) is 11.6 Å². The Morgan fingerprint density at radius 2 is 2.19 bits per heavy atom. The Hall–Kier alpha value is -1.49. The van der Waals surface area contributed by atoms with Crippen LogP contribution in [0.25, 0.3) is 0 Å². The van der Waals surface area contributed by atoms with Gasteiger partial charge < -0.3 is 5.73 Å². The fraction of sp³-hybridized carbons (Fsp3) is 0.455. The molecule has 0 spiro atoms. The molecule has 0 radical (unpaired) electrons. The Labute approximate surface area is 93.4 Å². The molecule has 0 aliphatic rings. The normalized spacial score (nSPS) is 14.5. The number of halogens is 1. The Bertz CT molecular complexity index is 396. The third-order valence-corrected chi connectivity index (χ3v) is 2.81. The molecule has 0 fully saturated rings. The van der Waals surface area contributed by atoms with Gasteiger partial charge in [-0.3, -0.25) is 10.1 Å². The molecule has 5 heteroatoms. The number of rotatable bonds is 4. The molecule has 0 aliphatic carbocycles. The third kappa shape index (κ3) is 2.55. The van der Waals surface area contributed by atoms with E-state index in [4.69, 9.17) is 5.73 Å². The van der Waals surface area contributed by atoms with E-state index in [9.17, 15) is 14.5 Å². The van der Waals surface area contributed by atoms with E-state index in [2.05, 4.69) is 0 Å². The van der Waals surface area contributed by atoms with E-state index in [0.717, 1.165) is 12.5 Å². The molecule has 88 valence electrons. The average molecular weight is 226 g/mol. The van der Waals surface area contributed by atoms with Crippen LogP contribution in [0.3, 0.4) is 0 Å². The van der Waals surface area contributed by atoms with Gasteiger partial charge in [-0.15, -0.1) is 0 Å². The molecule has 0 saturated heterocycles. The van der Waals surface area contributed by atoms with Crippen molar-refractivity contribution in [2.24, 2.45) is 11.7 Å². The Balaban J connectivity index is 3.17. The van der Waals surface area contributed by atoms with Crippen molar-refractivity contribution in [2.75, 3.05) is 0 Å². The highest BCUT2D eigenvalue weighted by atomic mass is 19.1. The largest absolute Gasteiger partial charge is 0.324 e. The molecule has 2 atom stereocenters. The van der Waals surface area contributed by atoms with Crippen LogP contribution in [0.4, 0.5) is 10.1 Å². The SMILES string of the molecule is CCC(C)[C@@H](N)c1ccc(F)cc1[N+](=O)[O-]. The molecule has 2 N–H and O–H groups in total. The lowest BCUT2D eigenvalue weighted by Gasteiger charge is -2.18. The number of hydrogen-bond donors (Lipinski definition) is 1. The maximum Gasteiger partial charge on any atom is 0.277 e. The van der Waals surface area contributed by atoms with Crippen molar-refractivity contribution in [3.05, 3.63) is 39.7 Å². The molecule has 0 aliphatic heterocycles. The molecule has 0 heterocycles. The second-order valence-corrected chi connectivity index (χ2v) is 3.87. The molecule has 1 rings (SSSR count). The van der Waals surface area contributed by atoms with Gasteiger partial charge in [0.15, 0.2) is 0 Å². The summed E-state index contributed by atoms with van der Waals surface area (Å²) in [6, 6.07) is 3.07. The summed E-state index contributed by atoms with van der Waals surface area (Å²) in [7, 11) is 0. The summed E-state index contributed by atoms with van der Waals surface area (Å²) in [5, 5.41) is 10.8. The van der Waals surface area contributed by atoms with E-state index in [0.29, 0.717) is 5.56 Å². The maximum atomic E-state index is 12.9. The lowest BCUT2D eigenvalue weighted by molar-refractivity contribution is -0.386. The monoisotopic (exact) mass is 226 g/mol. The van der Waals surface area contributed by atoms with E-state index < -0.39 is 16.8 Å². The zero-order valence-corrected chi connectivity index (χ0v) is 9.31. The van der Waals surface area contributed by atoms with Gasteiger partial charge in [0.05, 0.1) is 11.0 Å². The highest BCUT2D eigenvalue weighted by Gasteiger charge is 2.23. The molecule has 1 aromatic carbocycles. The van der Waals surface area contributed by atoms with Crippen LogP contribution in [0.5, 0.6) is 0 Å². The van der Waals surface area contributed by atoms with Crippen molar-refractivity contribution in [3.63, 3.8) is 0 Å². The molecule has 1 aromatic rings. The van der Waals surface area contributed by atoms with Gasteiger partial charge in [-0.2, -0.15) is 0 Å². The predicted molar refractivity (Wildman–Crippen MR) is 59.4 cm³/mol. The van der Waals surface area contributed by atoms with Crippen LogP contribution >= 0.6 is 0 Å². The minimum Gasteiger partial charge on any atom is -0.324 e. The van der Waals surface area contributed by atoms with Gasteiger partial charge in [0.25, 0.3) is 5.69 Å². The number of nitrogens with zero attached hydrogens (tertiary/aromatic N) is 1. The predicted octanol–water partition coefficient (Wildman–Crippen LogP) is 2.78. The van der Waals surface area contributed by atoms with E-state index in [1.807, 2.05) is 13.8 Å². The minimum atomic E-state index is -0.619. The fourth-order valence-electron chi connectivity index (χ4n) is 1.52. The summed E-state index contributed by atoms with van der Waals surface area (Å²) in [5.74, 6) is -0.504. The summed E-state index contributed by atoms with van der Waals surface area (Å²) >= 11 is 0. The van der Waals surface area contributed by atoms with E-state index in [1.165, 1.54) is 12.1 Å². The number of benzene rings is 1. The highest BCUT2D eigenvalue weighted by molar-refractivity contribution is 5.42. The van der Waals surface area contributed by atoms with Crippen LogP contribution in [-0.4, -0.2) is 4.92 Å². The second-order valence-electron chi connectivity index (χ2n) is 3.87. The van der Waals surface area contributed by atoms with E-state index in [-0.39, 0.29) is 11.6 Å². The number of hydrogen-bond acceptors (Lipinski definition) is 3. The van der Waals surface area contributed by atoms with Crippen LogP contribution in [0, 0.1) is 21.8 Å². The average Bonchev–Trinajstić information content (AvgIpc) is 2.26. The number of nitro groups is 1. The first-order chi connectivity index (χ1) is 7.47. The Morgan fingerprint density at radius 3 is 2.69 bits per heavy atom. The van der Waals surface area contributed by atoms with Crippen molar-refractivity contribution in [3.8, 4) is 0 Å². The van der Waals surface area contributed by atoms with Gasteiger partial charge in [0.2, 0.25) is 0 Å². The zero-order chi connectivity index (χ0) is 12.3. The van der Waals surface area contributed by atoms with Crippen molar-refractivity contribution in [1.29, 1.82) is 0 Å².